The Hall–Kier alpha value is -1.68. The van der Waals surface area contributed by atoms with Gasteiger partial charge in [-0.3, -0.25) is 4.79 Å². The Morgan fingerprint density at radius 3 is 3.14 bits per heavy atom. The second-order valence-electron chi connectivity index (χ2n) is 3.94. The molecule has 114 valence electrons. The Labute approximate surface area is 130 Å². The van der Waals surface area contributed by atoms with Crippen molar-refractivity contribution >= 4 is 35.4 Å². The van der Waals surface area contributed by atoms with E-state index < -0.39 is 5.97 Å². The van der Waals surface area contributed by atoms with Crippen LogP contribution < -0.4 is 5.84 Å². The van der Waals surface area contributed by atoms with Gasteiger partial charge < -0.3 is 15.5 Å². The summed E-state index contributed by atoms with van der Waals surface area (Å²) in [5.41, 5.74) is 0. The smallest absolute Gasteiger partial charge is 0.333 e. The average molecular weight is 329 g/mol. The molecule has 0 unspecified atom stereocenters. The molecular weight excluding hydrogens is 314 g/mol. The van der Waals surface area contributed by atoms with Gasteiger partial charge >= 0.3 is 5.97 Å². The fraction of sp³-hybridized carbons (Fsp3) is 0.455. The zero-order valence-electron chi connectivity index (χ0n) is 11.4. The van der Waals surface area contributed by atoms with Gasteiger partial charge in [-0.25, -0.2) is 9.47 Å². The number of ether oxygens (including phenoxy) is 1. The SMILES string of the molecule is CCOC(=O)/C=C1\SCC(=O)N1CCSc1nncn1N. The third kappa shape index (κ3) is 4.14. The summed E-state index contributed by atoms with van der Waals surface area (Å²) in [6, 6.07) is 0. The molecule has 21 heavy (non-hydrogen) atoms. The molecule has 0 saturated carbocycles. The normalized spacial score (nSPS) is 16.7. The summed E-state index contributed by atoms with van der Waals surface area (Å²) in [5, 5.41) is 8.71. The van der Waals surface area contributed by atoms with Gasteiger partial charge in [0.15, 0.2) is 0 Å². The molecule has 1 aromatic heterocycles. The number of carbonyl (C=O) groups excluding carboxylic acids is 2. The Morgan fingerprint density at radius 1 is 1.67 bits per heavy atom. The molecule has 8 nitrogen and oxygen atoms in total. The fourth-order valence-corrected chi connectivity index (χ4v) is 3.33. The zero-order valence-corrected chi connectivity index (χ0v) is 13.0. The fourth-order valence-electron chi connectivity index (χ4n) is 1.62. The molecule has 1 aliphatic rings. The van der Waals surface area contributed by atoms with E-state index in [0.29, 0.717) is 34.8 Å². The van der Waals surface area contributed by atoms with Gasteiger partial charge in [0.05, 0.1) is 23.5 Å². The number of rotatable bonds is 6. The van der Waals surface area contributed by atoms with Crippen molar-refractivity contribution in [2.24, 2.45) is 0 Å². The molecule has 2 heterocycles. The summed E-state index contributed by atoms with van der Waals surface area (Å²) in [7, 11) is 0. The first kappa shape index (κ1) is 15.7. The van der Waals surface area contributed by atoms with Crippen LogP contribution in [-0.4, -0.2) is 56.3 Å². The molecule has 0 atom stereocenters. The highest BCUT2D eigenvalue weighted by molar-refractivity contribution is 8.04. The monoisotopic (exact) mass is 329 g/mol. The topological polar surface area (TPSA) is 103 Å². The van der Waals surface area contributed by atoms with Gasteiger partial charge in [-0.05, 0) is 6.92 Å². The van der Waals surface area contributed by atoms with Gasteiger partial charge in [0.2, 0.25) is 11.1 Å². The Morgan fingerprint density at radius 2 is 2.48 bits per heavy atom. The van der Waals surface area contributed by atoms with Crippen LogP contribution in [0, 0.1) is 0 Å². The number of hydrogen-bond acceptors (Lipinski definition) is 8. The van der Waals surface area contributed by atoms with E-state index >= 15 is 0 Å². The van der Waals surface area contributed by atoms with Crippen molar-refractivity contribution < 1.29 is 14.3 Å². The lowest BCUT2D eigenvalue weighted by Crippen LogP contribution is -2.27. The van der Waals surface area contributed by atoms with Crippen molar-refractivity contribution in [3.05, 3.63) is 17.4 Å². The summed E-state index contributed by atoms with van der Waals surface area (Å²) in [4.78, 5) is 24.9. The average Bonchev–Trinajstić information content (AvgIpc) is 2.99. The third-order valence-corrected chi connectivity index (χ3v) is 4.49. The lowest BCUT2D eigenvalue weighted by molar-refractivity contribution is -0.137. The number of aromatic nitrogens is 3. The van der Waals surface area contributed by atoms with E-state index in [0.717, 1.165) is 0 Å². The van der Waals surface area contributed by atoms with Gasteiger partial charge in [0.25, 0.3) is 0 Å². The summed E-state index contributed by atoms with van der Waals surface area (Å²) < 4.78 is 6.18. The number of esters is 1. The first-order valence-corrected chi connectivity index (χ1v) is 8.18. The van der Waals surface area contributed by atoms with Crippen molar-refractivity contribution in [2.45, 2.75) is 12.1 Å². The van der Waals surface area contributed by atoms with Crippen molar-refractivity contribution in [3.63, 3.8) is 0 Å². The van der Waals surface area contributed by atoms with Crippen molar-refractivity contribution in [1.29, 1.82) is 0 Å². The first-order chi connectivity index (χ1) is 10.1. The number of hydrogen-bond donors (Lipinski definition) is 1. The molecule has 0 aliphatic carbocycles. The van der Waals surface area contributed by atoms with Gasteiger partial charge in [-0.1, -0.05) is 23.5 Å². The molecule has 1 aliphatic heterocycles. The highest BCUT2D eigenvalue weighted by Crippen LogP contribution is 2.29. The molecule has 1 fully saturated rings. The minimum Gasteiger partial charge on any atom is -0.463 e. The molecule has 0 bridgehead atoms. The van der Waals surface area contributed by atoms with Crippen LogP contribution in [-0.2, 0) is 14.3 Å². The number of nitrogens with two attached hydrogens (primary N) is 1. The standard InChI is InChI=1S/C11H15N5O3S2/c1-2-19-10(18)5-9-15(8(17)6-21-9)3-4-20-11-14-13-7-16(11)12/h5,7H,2-4,6,12H2,1H3/b9-5-. The van der Waals surface area contributed by atoms with Gasteiger partial charge in [0.1, 0.15) is 6.33 Å². The maximum atomic E-state index is 11.8. The third-order valence-electron chi connectivity index (χ3n) is 2.52. The zero-order chi connectivity index (χ0) is 15.2. The Bertz CT molecular complexity index is 560. The predicted octanol–water partition coefficient (Wildman–Crippen LogP) is 0.0639. The number of nitrogens with zero attached hydrogens (tertiary/aromatic N) is 4. The van der Waals surface area contributed by atoms with E-state index in [9.17, 15) is 9.59 Å². The number of amides is 1. The van der Waals surface area contributed by atoms with Crippen molar-refractivity contribution in [3.8, 4) is 0 Å². The van der Waals surface area contributed by atoms with Crippen LogP contribution in [0.3, 0.4) is 0 Å². The number of thioether (sulfide) groups is 2. The minimum absolute atomic E-state index is 0.0228. The second kappa shape index (κ2) is 7.36. The predicted molar refractivity (Wildman–Crippen MR) is 79.8 cm³/mol. The first-order valence-electron chi connectivity index (χ1n) is 6.21. The van der Waals surface area contributed by atoms with Crippen LogP contribution in [0.25, 0.3) is 0 Å². The molecule has 2 N–H and O–H groups in total. The molecule has 1 saturated heterocycles. The van der Waals surface area contributed by atoms with Crippen molar-refractivity contribution in [2.75, 3.05) is 30.5 Å². The molecule has 0 aromatic carbocycles. The van der Waals surface area contributed by atoms with E-state index in [1.165, 1.54) is 40.6 Å². The van der Waals surface area contributed by atoms with E-state index in [-0.39, 0.29) is 5.91 Å². The highest BCUT2D eigenvalue weighted by atomic mass is 32.2. The lowest BCUT2D eigenvalue weighted by Gasteiger charge is -2.16. The maximum Gasteiger partial charge on any atom is 0.333 e. The van der Waals surface area contributed by atoms with Gasteiger partial charge in [0, 0.05) is 12.3 Å². The quantitative estimate of drug-likeness (QED) is 0.338. The highest BCUT2D eigenvalue weighted by Gasteiger charge is 2.27. The van der Waals surface area contributed by atoms with Crippen LogP contribution in [0.2, 0.25) is 0 Å². The number of carbonyl (C=O) groups is 2. The van der Waals surface area contributed by atoms with Crippen LogP contribution in [0.4, 0.5) is 0 Å². The van der Waals surface area contributed by atoms with E-state index in [1.54, 1.807) is 11.8 Å². The van der Waals surface area contributed by atoms with Gasteiger partial charge in [-0.15, -0.1) is 10.2 Å². The molecule has 0 radical (unpaired) electrons. The second-order valence-corrected chi connectivity index (χ2v) is 6.00. The molecule has 1 amide bonds. The molecule has 1 aromatic rings. The largest absolute Gasteiger partial charge is 0.463 e. The molecule has 2 rings (SSSR count). The summed E-state index contributed by atoms with van der Waals surface area (Å²) in [5.74, 6) is 6.08. The van der Waals surface area contributed by atoms with Crippen LogP contribution in [0.15, 0.2) is 22.6 Å². The van der Waals surface area contributed by atoms with E-state index in [4.69, 9.17) is 10.6 Å². The van der Waals surface area contributed by atoms with Crippen LogP contribution >= 0.6 is 23.5 Å². The Balaban J connectivity index is 1.91. The Kier molecular flexibility index (Phi) is 5.51. The molecule has 10 heteroatoms. The van der Waals surface area contributed by atoms with Crippen LogP contribution in [0.5, 0.6) is 0 Å². The van der Waals surface area contributed by atoms with Gasteiger partial charge in [-0.2, -0.15) is 0 Å². The maximum absolute atomic E-state index is 11.8. The van der Waals surface area contributed by atoms with Crippen LogP contribution in [0.1, 0.15) is 6.92 Å². The minimum atomic E-state index is -0.436. The molecular formula is C11H15N5O3S2. The summed E-state index contributed by atoms with van der Waals surface area (Å²) in [6.45, 7) is 2.51. The molecule has 0 spiro atoms. The van der Waals surface area contributed by atoms with Crippen molar-refractivity contribution in [1.82, 2.24) is 19.8 Å². The lowest BCUT2D eigenvalue weighted by atomic mass is 10.5. The van der Waals surface area contributed by atoms with E-state index in [2.05, 4.69) is 10.2 Å². The summed E-state index contributed by atoms with van der Waals surface area (Å²) in [6.07, 6.45) is 2.76. The summed E-state index contributed by atoms with van der Waals surface area (Å²) >= 11 is 2.72. The number of nitrogen functional groups attached to an aromatic ring is 1. The van der Waals surface area contributed by atoms with E-state index in [1.807, 2.05) is 0 Å².